The smallest absolute Gasteiger partial charge is 0.137 e. The molecule has 0 atom stereocenters. The number of hydrogen-bond acceptors (Lipinski definition) is 2. The van der Waals surface area contributed by atoms with Gasteiger partial charge in [0.05, 0.1) is 4.47 Å². The summed E-state index contributed by atoms with van der Waals surface area (Å²) in [4.78, 5) is 15.8. The highest BCUT2D eigenvalue weighted by molar-refractivity contribution is 9.10. The lowest BCUT2D eigenvalue weighted by Gasteiger charge is -2.05. The van der Waals surface area contributed by atoms with Gasteiger partial charge in [-0.25, -0.2) is 4.39 Å². The van der Waals surface area contributed by atoms with E-state index in [4.69, 9.17) is 0 Å². The molecule has 0 aliphatic heterocycles. The van der Waals surface area contributed by atoms with Gasteiger partial charge in [-0.15, -0.1) is 0 Å². The van der Waals surface area contributed by atoms with Gasteiger partial charge in [0.15, 0.2) is 0 Å². The number of pyridine rings is 1. The van der Waals surface area contributed by atoms with Crippen LogP contribution in [-0.4, -0.2) is 10.8 Å². The molecule has 0 fully saturated rings. The second kappa shape index (κ2) is 6.57. The number of halogens is 2. The van der Waals surface area contributed by atoms with Crippen molar-refractivity contribution < 1.29 is 9.18 Å². The number of nitrogens with zero attached hydrogens (tertiary/aromatic N) is 1. The lowest BCUT2D eigenvalue weighted by Crippen LogP contribution is -2.05. The van der Waals surface area contributed by atoms with Gasteiger partial charge < -0.3 is 0 Å². The second-order valence-electron chi connectivity index (χ2n) is 4.28. The summed E-state index contributed by atoms with van der Waals surface area (Å²) in [5, 5.41) is 0. The van der Waals surface area contributed by atoms with Crippen LogP contribution in [0.1, 0.15) is 17.5 Å². The number of hydrogen-bond donors (Lipinski definition) is 0. The van der Waals surface area contributed by atoms with Crippen molar-refractivity contribution in [3.05, 3.63) is 64.1 Å². The highest BCUT2D eigenvalue weighted by atomic mass is 79.9. The van der Waals surface area contributed by atoms with Crippen molar-refractivity contribution in [3.63, 3.8) is 0 Å². The molecule has 19 heavy (non-hydrogen) atoms. The number of aromatic nitrogens is 1. The SMILES string of the molecule is O=C(CCc1ccncc1)Cc1cccc(F)c1Br. The number of ketones is 1. The summed E-state index contributed by atoms with van der Waals surface area (Å²) in [6.07, 6.45) is 4.82. The molecule has 2 nitrogen and oxygen atoms in total. The van der Waals surface area contributed by atoms with Gasteiger partial charge >= 0.3 is 0 Å². The third kappa shape index (κ3) is 3.96. The molecule has 4 heteroatoms. The number of carbonyl (C=O) groups excluding carboxylic acids is 1. The molecular formula is C15H13BrFNO. The standard InChI is InChI=1S/C15H13BrFNO/c16-15-12(2-1-3-14(15)17)10-13(19)5-4-11-6-8-18-9-7-11/h1-3,6-9H,4-5,10H2. The maximum atomic E-state index is 13.3. The van der Waals surface area contributed by atoms with Crippen LogP contribution < -0.4 is 0 Å². The quantitative estimate of drug-likeness (QED) is 0.840. The minimum Gasteiger partial charge on any atom is -0.299 e. The van der Waals surface area contributed by atoms with E-state index in [1.165, 1.54) is 6.07 Å². The molecule has 0 saturated carbocycles. The maximum Gasteiger partial charge on any atom is 0.137 e. The van der Waals surface area contributed by atoms with Crippen LogP contribution in [0.25, 0.3) is 0 Å². The van der Waals surface area contributed by atoms with Crippen LogP contribution in [0.2, 0.25) is 0 Å². The Labute approximate surface area is 119 Å². The minimum absolute atomic E-state index is 0.100. The van der Waals surface area contributed by atoms with Crippen molar-refractivity contribution >= 4 is 21.7 Å². The first-order chi connectivity index (χ1) is 9.16. The molecule has 0 N–H and O–H groups in total. The Hall–Kier alpha value is -1.55. The lowest BCUT2D eigenvalue weighted by molar-refractivity contribution is -0.118. The van der Waals surface area contributed by atoms with Crippen LogP contribution in [0.3, 0.4) is 0 Å². The highest BCUT2D eigenvalue weighted by Crippen LogP contribution is 2.21. The molecule has 98 valence electrons. The van der Waals surface area contributed by atoms with Crippen LogP contribution in [0.4, 0.5) is 4.39 Å². The Morgan fingerprint density at radius 1 is 1.21 bits per heavy atom. The average Bonchev–Trinajstić information content (AvgIpc) is 2.43. The van der Waals surface area contributed by atoms with Crippen molar-refractivity contribution in [1.29, 1.82) is 0 Å². The van der Waals surface area contributed by atoms with Gasteiger partial charge in [0.25, 0.3) is 0 Å². The Morgan fingerprint density at radius 2 is 1.95 bits per heavy atom. The Bertz CT molecular complexity index is 572. The number of benzene rings is 1. The Balaban J connectivity index is 1.93. The fourth-order valence-electron chi connectivity index (χ4n) is 1.82. The molecule has 2 rings (SSSR count). The molecule has 0 aliphatic carbocycles. The van der Waals surface area contributed by atoms with Gasteiger partial charge in [0.2, 0.25) is 0 Å². The average molecular weight is 322 g/mol. The largest absolute Gasteiger partial charge is 0.299 e. The molecular weight excluding hydrogens is 309 g/mol. The normalized spacial score (nSPS) is 10.4. The number of Topliss-reactive ketones (excluding diaryl/α,β-unsaturated/α-hetero) is 1. The third-order valence-electron chi connectivity index (χ3n) is 2.86. The fraction of sp³-hybridized carbons (Fsp3) is 0.200. The van der Waals surface area contributed by atoms with Crippen LogP contribution in [-0.2, 0) is 17.6 Å². The molecule has 0 radical (unpaired) electrons. The summed E-state index contributed by atoms with van der Waals surface area (Å²) in [7, 11) is 0. The molecule has 0 amide bonds. The van der Waals surface area contributed by atoms with Crippen LogP contribution >= 0.6 is 15.9 Å². The number of carbonyl (C=O) groups is 1. The Kier molecular flexibility index (Phi) is 4.80. The maximum absolute atomic E-state index is 13.3. The molecule has 0 spiro atoms. The van der Waals surface area contributed by atoms with Crippen molar-refractivity contribution in [2.75, 3.05) is 0 Å². The van der Waals surface area contributed by atoms with Crippen LogP contribution in [0.5, 0.6) is 0 Å². The number of aryl methyl sites for hydroxylation is 1. The van der Waals surface area contributed by atoms with Gasteiger partial charge in [-0.2, -0.15) is 0 Å². The van der Waals surface area contributed by atoms with Gasteiger partial charge in [0, 0.05) is 25.2 Å². The molecule has 0 aliphatic rings. The first kappa shape index (κ1) is 13.9. The van der Waals surface area contributed by atoms with Crippen LogP contribution in [0, 0.1) is 5.82 Å². The van der Waals surface area contributed by atoms with Gasteiger partial charge in [-0.3, -0.25) is 9.78 Å². The summed E-state index contributed by atoms with van der Waals surface area (Å²) in [5.74, 6) is -0.234. The summed E-state index contributed by atoms with van der Waals surface area (Å²) in [5.41, 5.74) is 1.78. The zero-order valence-electron chi connectivity index (χ0n) is 10.3. The first-order valence-electron chi connectivity index (χ1n) is 6.00. The summed E-state index contributed by atoms with van der Waals surface area (Å²) in [6.45, 7) is 0. The highest BCUT2D eigenvalue weighted by Gasteiger charge is 2.10. The molecule has 0 bridgehead atoms. The predicted octanol–water partition coefficient (Wildman–Crippen LogP) is 3.73. The molecule has 1 aromatic heterocycles. The van der Waals surface area contributed by atoms with E-state index < -0.39 is 0 Å². The van der Waals surface area contributed by atoms with E-state index in [0.29, 0.717) is 22.9 Å². The lowest BCUT2D eigenvalue weighted by atomic mass is 10.0. The van der Waals surface area contributed by atoms with E-state index in [2.05, 4.69) is 20.9 Å². The van der Waals surface area contributed by atoms with Crippen molar-refractivity contribution in [2.24, 2.45) is 0 Å². The molecule has 2 aromatic rings. The number of rotatable bonds is 5. The van der Waals surface area contributed by atoms with E-state index in [9.17, 15) is 9.18 Å². The van der Waals surface area contributed by atoms with E-state index in [1.807, 2.05) is 12.1 Å². The van der Waals surface area contributed by atoms with E-state index >= 15 is 0 Å². The molecule has 1 heterocycles. The van der Waals surface area contributed by atoms with Gasteiger partial charge in [-0.1, -0.05) is 12.1 Å². The van der Waals surface area contributed by atoms with Crippen molar-refractivity contribution in [1.82, 2.24) is 4.98 Å². The molecule has 1 aromatic carbocycles. The predicted molar refractivity (Wildman–Crippen MR) is 75.4 cm³/mol. The topological polar surface area (TPSA) is 30.0 Å². The van der Waals surface area contributed by atoms with Crippen molar-refractivity contribution in [2.45, 2.75) is 19.3 Å². The summed E-state index contributed by atoms with van der Waals surface area (Å²) in [6, 6.07) is 8.54. The summed E-state index contributed by atoms with van der Waals surface area (Å²) >= 11 is 3.17. The fourth-order valence-corrected chi connectivity index (χ4v) is 2.22. The molecule has 0 saturated heterocycles. The zero-order chi connectivity index (χ0) is 13.7. The van der Waals surface area contributed by atoms with Crippen molar-refractivity contribution in [3.8, 4) is 0 Å². The minimum atomic E-state index is -0.334. The van der Waals surface area contributed by atoms with Crippen LogP contribution in [0.15, 0.2) is 47.2 Å². The van der Waals surface area contributed by atoms with Gasteiger partial charge in [-0.05, 0) is 51.7 Å². The van der Waals surface area contributed by atoms with E-state index in [-0.39, 0.29) is 18.0 Å². The van der Waals surface area contributed by atoms with E-state index in [0.717, 1.165) is 5.56 Å². The second-order valence-corrected chi connectivity index (χ2v) is 5.08. The summed E-state index contributed by atoms with van der Waals surface area (Å²) < 4.78 is 13.7. The first-order valence-corrected chi connectivity index (χ1v) is 6.79. The zero-order valence-corrected chi connectivity index (χ0v) is 11.9. The molecule has 0 unspecified atom stereocenters. The van der Waals surface area contributed by atoms with Gasteiger partial charge in [0.1, 0.15) is 11.6 Å². The monoisotopic (exact) mass is 321 g/mol. The third-order valence-corrected chi connectivity index (χ3v) is 3.75. The van der Waals surface area contributed by atoms with E-state index in [1.54, 1.807) is 24.5 Å². The Morgan fingerprint density at radius 3 is 2.68 bits per heavy atom.